The fraction of sp³-hybridized carbons (Fsp3) is 0.400. The van der Waals surface area contributed by atoms with E-state index in [0.717, 1.165) is 5.56 Å². The molecule has 0 saturated heterocycles. The number of aliphatic hydroxyl groups excluding tert-OH is 1. The van der Waals surface area contributed by atoms with Crippen molar-refractivity contribution in [3.8, 4) is 0 Å². The van der Waals surface area contributed by atoms with Crippen molar-refractivity contribution in [3.63, 3.8) is 0 Å². The third-order valence-corrected chi connectivity index (χ3v) is 4.13. The van der Waals surface area contributed by atoms with Gasteiger partial charge in [0.1, 0.15) is 0 Å². The summed E-state index contributed by atoms with van der Waals surface area (Å²) >= 11 is 0. The molecule has 25 heavy (non-hydrogen) atoms. The number of nitrogens with one attached hydrogen (secondary N) is 1. The molecule has 0 spiro atoms. The fourth-order valence-corrected chi connectivity index (χ4v) is 2.49. The maximum absolute atomic E-state index is 11.9. The van der Waals surface area contributed by atoms with Gasteiger partial charge in [-0.3, -0.25) is 9.59 Å². The van der Waals surface area contributed by atoms with E-state index >= 15 is 0 Å². The van der Waals surface area contributed by atoms with Gasteiger partial charge in [-0.25, -0.2) is 0 Å². The van der Waals surface area contributed by atoms with Crippen LogP contribution in [0.3, 0.4) is 0 Å². The van der Waals surface area contributed by atoms with Crippen LogP contribution in [0, 0.1) is 0 Å². The topological polar surface area (TPSA) is 71.3 Å². The summed E-state index contributed by atoms with van der Waals surface area (Å²) in [5.41, 5.74) is 1.90. The van der Waals surface area contributed by atoms with Gasteiger partial charge in [-0.2, -0.15) is 0 Å². The summed E-state index contributed by atoms with van der Waals surface area (Å²) in [7, 11) is 0. The Bertz CT molecular complexity index is 758. The highest BCUT2D eigenvalue weighted by molar-refractivity contribution is 5.75. The van der Waals surface area contributed by atoms with Crippen LogP contribution in [0.25, 0.3) is 0 Å². The lowest BCUT2D eigenvalue weighted by Crippen LogP contribution is -2.30. The molecule has 1 amide bonds. The molecule has 0 aliphatic carbocycles. The van der Waals surface area contributed by atoms with Crippen LogP contribution in [0.15, 0.2) is 53.5 Å². The van der Waals surface area contributed by atoms with Crippen LogP contribution < -0.4 is 10.9 Å². The Kier molecular flexibility index (Phi) is 6.15. The van der Waals surface area contributed by atoms with E-state index in [1.54, 1.807) is 18.3 Å². The molecule has 5 nitrogen and oxygen atoms in total. The number of pyridine rings is 1. The number of rotatable bonds is 6. The molecule has 2 rings (SSSR count). The van der Waals surface area contributed by atoms with Crippen molar-refractivity contribution in [2.45, 2.75) is 45.3 Å². The molecule has 0 aliphatic rings. The number of aryl methyl sites for hydroxylation is 1. The van der Waals surface area contributed by atoms with Gasteiger partial charge in [-0.1, -0.05) is 51.1 Å². The summed E-state index contributed by atoms with van der Waals surface area (Å²) in [5.74, 6) is -0.193. The molecule has 1 atom stereocenters. The fourth-order valence-electron chi connectivity index (χ4n) is 2.49. The summed E-state index contributed by atoms with van der Waals surface area (Å²) in [5, 5.41) is 12.9. The molecule has 1 aromatic heterocycles. The quantitative estimate of drug-likeness (QED) is 0.847. The van der Waals surface area contributed by atoms with Crippen LogP contribution in [0.4, 0.5) is 0 Å². The highest BCUT2D eigenvalue weighted by Crippen LogP contribution is 2.23. The first-order valence-corrected chi connectivity index (χ1v) is 8.48. The molecule has 0 radical (unpaired) electrons. The lowest BCUT2D eigenvalue weighted by Gasteiger charge is -2.20. The van der Waals surface area contributed by atoms with E-state index in [2.05, 4.69) is 26.1 Å². The molecule has 1 heterocycles. The lowest BCUT2D eigenvalue weighted by molar-refractivity contribution is -0.121. The van der Waals surface area contributed by atoms with Crippen LogP contribution in [0.2, 0.25) is 0 Å². The number of aliphatic hydroxyl groups is 1. The number of carbonyl (C=O) groups excluding carboxylic acids is 1. The van der Waals surface area contributed by atoms with Crippen LogP contribution in [0.5, 0.6) is 0 Å². The van der Waals surface area contributed by atoms with Gasteiger partial charge in [-0.05, 0) is 22.6 Å². The van der Waals surface area contributed by atoms with Crippen molar-refractivity contribution >= 4 is 5.91 Å². The van der Waals surface area contributed by atoms with E-state index in [9.17, 15) is 14.7 Å². The Labute approximate surface area is 148 Å². The predicted octanol–water partition coefficient (Wildman–Crippen LogP) is 2.39. The third kappa shape index (κ3) is 5.57. The number of nitrogens with zero attached hydrogens (tertiary/aromatic N) is 1. The number of hydrogen-bond acceptors (Lipinski definition) is 3. The molecule has 2 aromatic rings. The second kappa shape index (κ2) is 8.12. The standard InChI is InChI=1S/C20H26N2O3/c1-20(2,3)16-9-7-15(8-10-16)17(23)14-21-18(24)11-13-22-12-5-4-6-19(22)25/h4-10,12,17,23H,11,13-14H2,1-3H3,(H,21,24)/t17-/m1/s1. The first-order chi connectivity index (χ1) is 11.8. The maximum atomic E-state index is 11.9. The number of amides is 1. The van der Waals surface area contributed by atoms with Crippen molar-refractivity contribution in [1.82, 2.24) is 9.88 Å². The van der Waals surface area contributed by atoms with Gasteiger partial charge in [0.2, 0.25) is 5.91 Å². The molecule has 0 unspecified atom stereocenters. The minimum Gasteiger partial charge on any atom is -0.387 e. The number of benzene rings is 1. The molecular weight excluding hydrogens is 316 g/mol. The first-order valence-electron chi connectivity index (χ1n) is 8.48. The Balaban J connectivity index is 1.83. The van der Waals surface area contributed by atoms with Crippen molar-refractivity contribution in [3.05, 3.63) is 70.1 Å². The van der Waals surface area contributed by atoms with Gasteiger partial charge in [0.25, 0.3) is 5.56 Å². The van der Waals surface area contributed by atoms with Gasteiger partial charge in [0, 0.05) is 31.8 Å². The zero-order valence-corrected chi connectivity index (χ0v) is 15.0. The molecule has 0 bridgehead atoms. The minimum absolute atomic E-state index is 0.0627. The van der Waals surface area contributed by atoms with E-state index in [0.29, 0.717) is 6.54 Å². The largest absolute Gasteiger partial charge is 0.387 e. The van der Waals surface area contributed by atoms with Crippen LogP contribution >= 0.6 is 0 Å². The van der Waals surface area contributed by atoms with E-state index in [4.69, 9.17) is 0 Å². The lowest BCUT2D eigenvalue weighted by atomic mass is 9.86. The zero-order chi connectivity index (χ0) is 18.4. The molecule has 2 N–H and O–H groups in total. The summed E-state index contributed by atoms with van der Waals surface area (Å²) < 4.78 is 1.49. The number of aromatic nitrogens is 1. The second-order valence-electron chi connectivity index (χ2n) is 7.17. The van der Waals surface area contributed by atoms with Crippen molar-refractivity contribution in [1.29, 1.82) is 0 Å². The minimum atomic E-state index is -0.752. The Morgan fingerprint density at radius 3 is 2.44 bits per heavy atom. The monoisotopic (exact) mass is 342 g/mol. The second-order valence-corrected chi connectivity index (χ2v) is 7.17. The normalized spacial score (nSPS) is 12.6. The molecule has 134 valence electrons. The smallest absolute Gasteiger partial charge is 0.250 e. The predicted molar refractivity (Wildman–Crippen MR) is 98.4 cm³/mol. The van der Waals surface area contributed by atoms with Gasteiger partial charge >= 0.3 is 0 Å². The Morgan fingerprint density at radius 1 is 1.16 bits per heavy atom. The van der Waals surface area contributed by atoms with E-state index < -0.39 is 6.10 Å². The summed E-state index contributed by atoms with van der Waals surface area (Å²) in [4.78, 5) is 23.5. The van der Waals surface area contributed by atoms with Gasteiger partial charge < -0.3 is 15.0 Å². The van der Waals surface area contributed by atoms with Crippen molar-refractivity contribution < 1.29 is 9.90 Å². The summed E-state index contributed by atoms with van der Waals surface area (Å²) in [6.45, 7) is 6.88. The molecule has 0 saturated carbocycles. The van der Waals surface area contributed by atoms with Gasteiger partial charge in [0.15, 0.2) is 0 Å². The van der Waals surface area contributed by atoms with E-state index in [-0.39, 0.29) is 29.8 Å². The zero-order valence-electron chi connectivity index (χ0n) is 15.0. The van der Waals surface area contributed by atoms with Gasteiger partial charge in [-0.15, -0.1) is 0 Å². The molecule has 0 fully saturated rings. The Hall–Kier alpha value is -2.40. The van der Waals surface area contributed by atoms with Crippen molar-refractivity contribution in [2.75, 3.05) is 6.54 Å². The van der Waals surface area contributed by atoms with E-state index in [1.807, 2.05) is 24.3 Å². The van der Waals surface area contributed by atoms with Crippen LogP contribution in [0.1, 0.15) is 44.4 Å². The number of hydrogen-bond donors (Lipinski definition) is 2. The first kappa shape index (κ1) is 18.9. The molecule has 5 heteroatoms. The Morgan fingerprint density at radius 2 is 1.84 bits per heavy atom. The number of carbonyl (C=O) groups is 1. The average Bonchev–Trinajstić information content (AvgIpc) is 2.58. The average molecular weight is 342 g/mol. The molecular formula is C20H26N2O3. The molecule has 0 aliphatic heterocycles. The summed E-state index contributed by atoms with van der Waals surface area (Å²) in [6.07, 6.45) is 1.10. The van der Waals surface area contributed by atoms with Crippen LogP contribution in [-0.2, 0) is 16.8 Å². The molecule has 1 aromatic carbocycles. The SMILES string of the molecule is CC(C)(C)c1ccc([C@H](O)CNC(=O)CCn2ccccc2=O)cc1. The van der Waals surface area contributed by atoms with E-state index in [1.165, 1.54) is 16.2 Å². The van der Waals surface area contributed by atoms with Gasteiger partial charge in [0.05, 0.1) is 6.10 Å². The summed E-state index contributed by atoms with van der Waals surface area (Å²) in [6, 6.07) is 12.7. The van der Waals surface area contributed by atoms with Crippen molar-refractivity contribution in [2.24, 2.45) is 0 Å². The van der Waals surface area contributed by atoms with Crippen LogP contribution in [-0.4, -0.2) is 22.1 Å². The maximum Gasteiger partial charge on any atom is 0.250 e. The third-order valence-electron chi connectivity index (χ3n) is 4.13. The highest BCUT2D eigenvalue weighted by Gasteiger charge is 2.15. The highest BCUT2D eigenvalue weighted by atomic mass is 16.3.